The highest BCUT2D eigenvalue weighted by molar-refractivity contribution is 5.79. The highest BCUT2D eigenvalue weighted by Gasteiger charge is 2.29. The van der Waals surface area contributed by atoms with Crippen LogP contribution >= 0.6 is 0 Å². The normalized spacial score (nSPS) is 22.5. The third-order valence-electron chi connectivity index (χ3n) is 5.94. The van der Waals surface area contributed by atoms with E-state index in [-0.39, 0.29) is 5.92 Å². The van der Waals surface area contributed by atoms with Crippen LogP contribution in [0.4, 0.5) is 11.6 Å². The van der Waals surface area contributed by atoms with Crippen LogP contribution in [0.3, 0.4) is 0 Å². The van der Waals surface area contributed by atoms with Crippen molar-refractivity contribution in [3.63, 3.8) is 0 Å². The van der Waals surface area contributed by atoms with Crippen molar-refractivity contribution in [2.75, 3.05) is 49.1 Å². The number of carbonyl (C=O) groups excluding carboxylic acids is 1. The van der Waals surface area contributed by atoms with Gasteiger partial charge in [-0.2, -0.15) is 0 Å². The number of aromatic nitrogens is 2. The molecular formula is C19H29N5O. The molecule has 0 radical (unpaired) electrons. The zero-order valence-electron chi connectivity index (χ0n) is 15.1. The van der Waals surface area contributed by atoms with E-state index in [1.54, 1.807) is 6.33 Å². The second-order valence-corrected chi connectivity index (χ2v) is 7.58. The van der Waals surface area contributed by atoms with E-state index in [4.69, 9.17) is 0 Å². The molecule has 0 aromatic carbocycles. The molecule has 1 aliphatic carbocycles. The van der Waals surface area contributed by atoms with Crippen molar-refractivity contribution in [1.82, 2.24) is 14.9 Å². The average molecular weight is 343 g/mol. The van der Waals surface area contributed by atoms with E-state index in [0.717, 1.165) is 63.7 Å². The van der Waals surface area contributed by atoms with Crippen molar-refractivity contribution in [2.45, 2.75) is 44.9 Å². The van der Waals surface area contributed by atoms with Crippen LogP contribution in [0.25, 0.3) is 0 Å². The Morgan fingerprint density at radius 2 is 1.40 bits per heavy atom. The maximum Gasteiger partial charge on any atom is 0.225 e. The fraction of sp³-hybridized carbons (Fsp3) is 0.737. The summed E-state index contributed by atoms with van der Waals surface area (Å²) in [5, 5.41) is 0. The minimum absolute atomic E-state index is 0.279. The Morgan fingerprint density at radius 1 is 0.800 bits per heavy atom. The highest BCUT2D eigenvalue weighted by Crippen LogP contribution is 2.27. The van der Waals surface area contributed by atoms with Crippen LogP contribution in [0.2, 0.25) is 0 Å². The summed E-state index contributed by atoms with van der Waals surface area (Å²) in [7, 11) is 0. The van der Waals surface area contributed by atoms with E-state index < -0.39 is 0 Å². The number of nitrogens with zero attached hydrogens (tertiary/aromatic N) is 5. The van der Waals surface area contributed by atoms with Crippen LogP contribution < -0.4 is 9.80 Å². The molecule has 1 aromatic rings. The quantitative estimate of drug-likeness (QED) is 0.843. The first-order valence-corrected chi connectivity index (χ1v) is 9.92. The molecule has 3 heterocycles. The van der Waals surface area contributed by atoms with Gasteiger partial charge in [0.15, 0.2) is 0 Å². The summed E-state index contributed by atoms with van der Waals surface area (Å²) in [4.78, 5) is 28.3. The molecule has 0 bridgehead atoms. The van der Waals surface area contributed by atoms with E-state index in [9.17, 15) is 4.79 Å². The number of hydrogen-bond acceptors (Lipinski definition) is 5. The summed E-state index contributed by atoms with van der Waals surface area (Å²) in [6, 6.07) is 2.12. The molecule has 1 saturated carbocycles. The number of piperazine rings is 1. The SMILES string of the molecule is O=C(C1CCCCC1)N1CCN(c2cc(N3CCCC3)ncn2)CC1. The van der Waals surface area contributed by atoms with Crippen LogP contribution in [0.1, 0.15) is 44.9 Å². The highest BCUT2D eigenvalue weighted by atomic mass is 16.2. The molecule has 0 N–H and O–H groups in total. The minimum atomic E-state index is 0.279. The van der Waals surface area contributed by atoms with E-state index in [2.05, 4.69) is 30.7 Å². The molecule has 2 saturated heterocycles. The summed E-state index contributed by atoms with van der Waals surface area (Å²) < 4.78 is 0. The number of rotatable bonds is 3. The standard InChI is InChI=1S/C19H29N5O/c25-19(16-6-2-1-3-7-16)24-12-10-23(11-13-24)18-14-17(20-15-21-18)22-8-4-5-9-22/h14-16H,1-13H2. The van der Waals surface area contributed by atoms with Gasteiger partial charge in [-0.15, -0.1) is 0 Å². The average Bonchev–Trinajstić information content (AvgIpc) is 3.23. The zero-order chi connectivity index (χ0) is 17.1. The van der Waals surface area contributed by atoms with Crippen molar-refractivity contribution in [3.05, 3.63) is 12.4 Å². The molecule has 2 aliphatic heterocycles. The molecule has 6 heteroatoms. The van der Waals surface area contributed by atoms with Crippen molar-refractivity contribution < 1.29 is 4.79 Å². The maximum atomic E-state index is 12.7. The van der Waals surface area contributed by atoms with Gasteiger partial charge in [0.25, 0.3) is 0 Å². The van der Waals surface area contributed by atoms with Gasteiger partial charge in [-0.3, -0.25) is 4.79 Å². The zero-order valence-corrected chi connectivity index (χ0v) is 15.1. The maximum absolute atomic E-state index is 12.7. The van der Waals surface area contributed by atoms with Crippen LogP contribution in [-0.2, 0) is 4.79 Å². The molecule has 3 fully saturated rings. The molecule has 1 aromatic heterocycles. The predicted molar refractivity (Wildman–Crippen MR) is 98.8 cm³/mol. The Balaban J connectivity index is 1.35. The fourth-order valence-corrected chi connectivity index (χ4v) is 4.39. The fourth-order valence-electron chi connectivity index (χ4n) is 4.39. The van der Waals surface area contributed by atoms with Crippen molar-refractivity contribution in [2.24, 2.45) is 5.92 Å². The predicted octanol–water partition coefficient (Wildman–Crippen LogP) is 2.31. The third-order valence-corrected chi connectivity index (χ3v) is 5.94. The molecule has 0 spiro atoms. The van der Waals surface area contributed by atoms with Gasteiger partial charge in [0, 0.05) is 51.3 Å². The van der Waals surface area contributed by atoms with E-state index in [1.165, 1.54) is 32.1 Å². The first-order valence-electron chi connectivity index (χ1n) is 9.92. The van der Waals surface area contributed by atoms with E-state index >= 15 is 0 Å². The van der Waals surface area contributed by atoms with Crippen molar-refractivity contribution in [3.8, 4) is 0 Å². The molecular weight excluding hydrogens is 314 g/mol. The lowest BCUT2D eigenvalue weighted by Crippen LogP contribution is -2.50. The van der Waals surface area contributed by atoms with Gasteiger partial charge < -0.3 is 14.7 Å². The second-order valence-electron chi connectivity index (χ2n) is 7.58. The van der Waals surface area contributed by atoms with Gasteiger partial charge in [0.2, 0.25) is 5.91 Å². The molecule has 1 amide bonds. The van der Waals surface area contributed by atoms with Crippen LogP contribution in [0.5, 0.6) is 0 Å². The lowest BCUT2D eigenvalue weighted by atomic mass is 9.88. The van der Waals surface area contributed by atoms with Gasteiger partial charge >= 0.3 is 0 Å². The minimum Gasteiger partial charge on any atom is -0.356 e. The Morgan fingerprint density at radius 3 is 2.04 bits per heavy atom. The number of hydrogen-bond donors (Lipinski definition) is 0. The van der Waals surface area contributed by atoms with E-state index in [1.807, 2.05) is 0 Å². The lowest BCUT2D eigenvalue weighted by molar-refractivity contribution is -0.136. The molecule has 25 heavy (non-hydrogen) atoms. The second kappa shape index (κ2) is 7.58. The summed E-state index contributed by atoms with van der Waals surface area (Å²) in [5.41, 5.74) is 0. The summed E-state index contributed by atoms with van der Waals surface area (Å²) in [6.45, 7) is 5.57. The topological polar surface area (TPSA) is 52.6 Å². The summed E-state index contributed by atoms with van der Waals surface area (Å²) >= 11 is 0. The van der Waals surface area contributed by atoms with Gasteiger partial charge in [-0.1, -0.05) is 19.3 Å². The molecule has 3 aliphatic rings. The summed E-state index contributed by atoms with van der Waals surface area (Å²) in [5.74, 6) is 2.71. The monoisotopic (exact) mass is 343 g/mol. The number of amides is 1. The Bertz CT molecular complexity index is 587. The largest absolute Gasteiger partial charge is 0.356 e. The van der Waals surface area contributed by atoms with Gasteiger partial charge in [0.1, 0.15) is 18.0 Å². The molecule has 136 valence electrons. The molecule has 6 nitrogen and oxygen atoms in total. The Kier molecular flexibility index (Phi) is 5.04. The third kappa shape index (κ3) is 3.72. The van der Waals surface area contributed by atoms with Gasteiger partial charge in [0.05, 0.1) is 0 Å². The van der Waals surface area contributed by atoms with Crippen LogP contribution in [-0.4, -0.2) is 60.0 Å². The van der Waals surface area contributed by atoms with E-state index in [0.29, 0.717) is 5.91 Å². The number of carbonyl (C=O) groups is 1. The van der Waals surface area contributed by atoms with Gasteiger partial charge in [-0.05, 0) is 25.7 Å². The molecule has 0 atom stereocenters. The molecule has 4 rings (SSSR count). The smallest absolute Gasteiger partial charge is 0.225 e. The first-order chi connectivity index (χ1) is 12.3. The van der Waals surface area contributed by atoms with Crippen LogP contribution in [0, 0.1) is 5.92 Å². The Hall–Kier alpha value is -1.85. The van der Waals surface area contributed by atoms with Crippen LogP contribution in [0.15, 0.2) is 12.4 Å². The number of anilines is 2. The Labute approximate surface area is 150 Å². The van der Waals surface area contributed by atoms with Gasteiger partial charge in [-0.25, -0.2) is 9.97 Å². The summed E-state index contributed by atoms with van der Waals surface area (Å²) in [6.07, 6.45) is 10.1. The first kappa shape index (κ1) is 16.6. The lowest BCUT2D eigenvalue weighted by Gasteiger charge is -2.37. The van der Waals surface area contributed by atoms with Crippen molar-refractivity contribution >= 4 is 17.5 Å². The molecule has 0 unspecified atom stereocenters. The van der Waals surface area contributed by atoms with Crippen molar-refractivity contribution in [1.29, 1.82) is 0 Å².